The summed E-state index contributed by atoms with van der Waals surface area (Å²) in [5.74, 6) is 1.10. The van der Waals surface area contributed by atoms with Gasteiger partial charge >= 0.3 is 6.03 Å². The molecule has 26 heavy (non-hydrogen) atoms. The second kappa shape index (κ2) is 7.56. The van der Waals surface area contributed by atoms with Crippen LogP contribution in [0, 0.1) is 0 Å². The number of urea groups is 1. The number of ether oxygens (including phenoxy) is 1. The summed E-state index contributed by atoms with van der Waals surface area (Å²) in [6, 6.07) is 6.16. The molecule has 1 N–H and O–H groups in total. The van der Waals surface area contributed by atoms with Crippen LogP contribution in [0.1, 0.15) is 44.1 Å². The Morgan fingerprint density at radius 1 is 1.08 bits per heavy atom. The molecule has 2 saturated heterocycles. The van der Waals surface area contributed by atoms with E-state index in [0.717, 1.165) is 68.6 Å². The van der Waals surface area contributed by atoms with Gasteiger partial charge in [-0.1, -0.05) is 12.1 Å². The highest BCUT2D eigenvalue weighted by Crippen LogP contribution is 2.33. The molecule has 6 nitrogen and oxygen atoms in total. The molecule has 1 aromatic carbocycles. The summed E-state index contributed by atoms with van der Waals surface area (Å²) >= 11 is 0. The fourth-order valence-corrected chi connectivity index (χ4v) is 4.33. The summed E-state index contributed by atoms with van der Waals surface area (Å²) in [7, 11) is 0. The van der Waals surface area contributed by atoms with Crippen molar-refractivity contribution in [1.29, 1.82) is 0 Å². The first-order chi connectivity index (χ1) is 12.7. The minimum Gasteiger partial charge on any atom is -0.491 e. The molecular formula is C20H27N3O3. The maximum Gasteiger partial charge on any atom is 0.321 e. The molecule has 3 amide bonds. The molecule has 0 spiro atoms. The van der Waals surface area contributed by atoms with E-state index in [1.165, 1.54) is 0 Å². The zero-order valence-electron chi connectivity index (χ0n) is 15.2. The van der Waals surface area contributed by atoms with Crippen molar-refractivity contribution in [3.05, 3.63) is 23.8 Å². The van der Waals surface area contributed by atoms with Crippen LogP contribution < -0.4 is 10.1 Å². The monoisotopic (exact) mass is 357 g/mol. The van der Waals surface area contributed by atoms with Gasteiger partial charge in [0.2, 0.25) is 5.91 Å². The van der Waals surface area contributed by atoms with Gasteiger partial charge in [0.1, 0.15) is 5.75 Å². The minimum absolute atomic E-state index is 0.0685. The zero-order chi connectivity index (χ0) is 17.9. The molecule has 1 unspecified atom stereocenters. The Balaban J connectivity index is 1.39. The van der Waals surface area contributed by atoms with E-state index in [9.17, 15) is 9.59 Å². The fraction of sp³-hybridized carbons (Fsp3) is 0.600. The number of rotatable bonds is 2. The van der Waals surface area contributed by atoms with Gasteiger partial charge in [-0.2, -0.15) is 0 Å². The third-order valence-electron chi connectivity index (χ3n) is 5.71. The Bertz CT molecular complexity index is 691. The molecule has 6 heteroatoms. The number of hydrogen-bond acceptors (Lipinski definition) is 3. The van der Waals surface area contributed by atoms with Gasteiger partial charge in [0.15, 0.2) is 0 Å². The lowest BCUT2D eigenvalue weighted by molar-refractivity contribution is -0.129. The normalized spacial score (nSPS) is 23.2. The topological polar surface area (TPSA) is 61.9 Å². The van der Waals surface area contributed by atoms with Gasteiger partial charge in [-0.3, -0.25) is 4.79 Å². The number of para-hydroxylation sites is 1. The molecule has 3 heterocycles. The number of nitrogens with one attached hydrogen (secondary N) is 1. The van der Waals surface area contributed by atoms with Gasteiger partial charge in [0.25, 0.3) is 0 Å². The molecule has 0 aliphatic carbocycles. The lowest BCUT2D eigenvalue weighted by atomic mass is 10.1. The molecule has 0 aromatic heterocycles. The zero-order valence-corrected chi connectivity index (χ0v) is 15.2. The van der Waals surface area contributed by atoms with Gasteiger partial charge in [0, 0.05) is 32.1 Å². The Kier molecular flexibility index (Phi) is 5.00. The van der Waals surface area contributed by atoms with Crippen molar-refractivity contribution in [2.24, 2.45) is 0 Å². The number of carbonyl (C=O) groups excluding carboxylic acids is 2. The lowest BCUT2D eigenvalue weighted by Gasteiger charge is -2.27. The standard InChI is InChI=1S/C20H27N3O3/c24-18-9-3-12-23(18)16-7-2-11-22(13-10-16)20(25)21-17-8-1-5-15-6-4-14-26-19(15)17/h1,5,8,16H,2-4,6-7,9-14H2,(H,21,25). The van der Waals surface area contributed by atoms with Gasteiger partial charge in [-0.05, 0) is 50.2 Å². The van der Waals surface area contributed by atoms with Crippen molar-refractivity contribution in [1.82, 2.24) is 9.80 Å². The molecule has 1 atom stereocenters. The first-order valence-electron chi connectivity index (χ1n) is 9.82. The van der Waals surface area contributed by atoms with Crippen LogP contribution in [0.5, 0.6) is 5.75 Å². The first kappa shape index (κ1) is 17.2. The average molecular weight is 357 g/mol. The van der Waals surface area contributed by atoms with Gasteiger partial charge in [-0.15, -0.1) is 0 Å². The summed E-state index contributed by atoms with van der Waals surface area (Å²) in [5.41, 5.74) is 1.93. The summed E-state index contributed by atoms with van der Waals surface area (Å²) < 4.78 is 5.79. The van der Waals surface area contributed by atoms with E-state index in [1.807, 2.05) is 21.9 Å². The molecule has 0 radical (unpaired) electrons. The van der Waals surface area contributed by atoms with E-state index in [0.29, 0.717) is 19.6 Å². The summed E-state index contributed by atoms with van der Waals surface area (Å²) in [6.45, 7) is 3.01. The number of benzene rings is 1. The predicted molar refractivity (Wildman–Crippen MR) is 99.4 cm³/mol. The van der Waals surface area contributed by atoms with Crippen LogP contribution in [0.25, 0.3) is 0 Å². The quantitative estimate of drug-likeness (QED) is 0.885. The van der Waals surface area contributed by atoms with E-state index in [2.05, 4.69) is 11.4 Å². The number of likely N-dealkylation sites (tertiary alicyclic amines) is 2. The molecule has 1 aromatic rings. The van der Waals surface area contributed by atoms with Crippen LogP contribution in [-0.2, 0) is 11.2 Å². The van der Waals surface area contributed by atoms with Crippen LogP contribution in [0.3, 0.4) is 0 Å². The maximum atomic E-state index is 12.8. The molecule has 140 valence electrons. The fourth-order valence-electron chi connectivity index (χ4n) is 4.33. The van der Waals surface area contributed by atoms with E-state index in [-0.39, 0.29) is 18.0 Å². The number of aryl methyl sites for hydroxylation is 1. The second-order valence-electron chi connectivity index (χ2n) is 7.44. The Morgan fingerprint density at radius 3 is 2.85 bits per heavy atom. The van der Waals surface area contributed by atoms with Crippen LogP contribution in [-0.4, -0.2) is 54.0 Å². The average Bonchev–Trinajstić information content (AvgIpc) is 2.94. The van der Waals surface area contributed by atoms with Crippen molar-refractivity contribution < 1.29 is 14.3 Å². The number of fused-ring (bicyclic) bond motifs is 1. The number of carbonyl (C=O) groups is 2. The summed E-state index contributed by atoms with van der Waals surface area (Å²) in [6.07, 6.45) is 6.45. The minimum atomic E-state index is -0.0685. The molecule has 0 bridgehead atoms. The number of anilines is 1. The molecule has 4 rings (SSSR count). The maximum absolute atomic E-state index is 12.8. The molecule has 2 fully saturated rings. The summed E-state index contributed by atoms with van der Waals surface area (Å²) in [4.78, 5) is 28.7. The lowest BCUT2D eigenvalue weighted by Crippen LogP contribution is -2.39. The van der Waals surface area contributed by atoms with Crippen molar-refractivity contribution >= 4 is 17.6 Å². The Hall–Kier alpha value is -2.24. The Morgan fingerprint density at radius 2 is 2.00 bits per heavy atom. The van der Waals surface area contributed by atoms with Crippen LogP contribution >= 0.6 is 0 Å². The second-order valence-corrected chi connectivity index (χ2v) is 7.44. The number of amides is 3. The van der Waals surface area contributed by atoms with E-state index in [1.54, 1.807) is 0 Å². The largest absolute Gasteiger partial charge is 0.491 e. The number of hydrogen-bond donors (Lipinski definition) is 1. The third kappa shape index (κ3) is 3.50. The van der Waals surface area contributed by atoms with Crippen molar-refractivity contribution in [2.45, 2.75) is 51.0 Å². The predicted octanol–water partition coefficient (Wildman–Crippen LogP) is 3.02. The highest BCUT2D eigenvalue weighted by Gasteiger charge is 2.30. The molecular weight excluding hydrogens is 330 g/mol. The SMILES string of the molecule is O=C(Nc1cccc2c1OCCC2)N1CCCC(N2CCCC2=O)CC1. The van der Waals surface area contributed by atoms with Gasteiger partial charge in [0.05, 0.1) is 12.3 Å². The molecule has 3 aliphatic heterocycles. The van der Waals surface area contributed by atoms with Crippen molar-refractivity contribution in [2.75, 3.05) is 31.6 Å². The van der Waals surface area contributed by atoms with Crippen LogP contribution in [0.2, 0.25) is 0 Å². The van der Waals surface area contributed by atoms with Crippen molar-refractivity contribution in [3.8, 4) is 5.75 Å². The smallest absolute Gasteiger partial charge is 0.321 e. The van der Waals surface area contributed by atoms with Crippen LogP contribution in [0.4, 0.5) is 10.5 Å². The Labute approximate surface area is 154 Å². The third-order valence-corrected chi connectivity index (χ3v) is 5.71. The first-order valence-corrected chi connectivity index (χ1v) is 9.82. The van der Waals surface area contributed by atoms with Crippen LogP contribution in [0.15, 0.2) is 18.2 Å². The van der Waals surface area contributed by atoms with E-state index < -0.39 is 0 Å². The van der Waals surface area contributed by atoms with E-state index in [4.69, 9.17) is 4.74 Å². The van der Waals surface area contributed by atoms with Crippen molar-refractivity contribution in [3.63, 3.8) is 0 Å². The number of nitrogens with zero attached hydrogens (tertiary/aromatic N) is 2. The highest BCUT2D eigenvalue weighted by molar-refractivity contribution is 5.91. The molecule has 0 saturated carbocycles. The summed E-state index contributed by atoms with van der Waals surface area (Å²) in [5, 5.41) is 3.04. The van der Waals surface area contributed by atoms with E-state index >= 15 is 0 Å². The van der Waals surface area contributed by atoms with Gasteiger partial charge in [-0.25, -0.2) is 4.79 Å². The highest BCUT2D eigenvalue weighted by atomic mass is 16.5. The van der Waals surface area contributed by atoms with Gasteiger partial charge < -0.3 is 19.9 Å². The molecule has 3 aliphatic rings.